The molecule has 1 N–H and O–H groups in total. The number of thiol groups is 1. The molecular formula is C12H13N3OS. The van der Waals surface area contributed by atoms with E-state index in [-0.39, 0.29) is 0 Å². The van der Waals surface area contributed by atoms with Crippen molar-refractivity contribution < 1.29 is 5.11 Å². The van der Waals surface area contributed by atoms with Gasteiger partial charge in [0.25, 0.3) is 0 Å². The molecule has 1 aromatic heterocycles. The van der Waals surface area contributed by atoms with Gasteiger partial charge in [0.15, 0.2) is 5.82 Å². The number of imidazole rings is 1. The molecule has 1 aliphatic heterocycles. The first-order chi connectivity index (χ1) is 8.27. The molecule has 0 bridgehead atoms. The Balaban J connectivity index is 1.99. The average Bonchev–Trinajstić information content (AvgIpc) is 2.89. The van der Waals surface area contributed by atoms with Gasteiger partial charge in [0.2, 0.25) is 0 Å². The van der Waals surface area contributed by atoms with E-state index < -0.39 is 16.5 Å². The number of rotatable bonds is 2. The smallest absolute Gasteiger partial charge is 0.162 e. The molecule has 2 unspecified atom stereocenters. The molecule has 2 heterocycles. The minimum Gasteiger partial charge on any atom is -0.378 e. The predicted octanol–water partition coefficient (Wildman–Crippen LogP) is 2.40. The molecule has 3 rings (SSSR count). The van der Waals surface area contributed by atoms with E-state index in [1.807, 2.05) is 41.2 Å². The lowest BCUT2D eigenvalue weighted by Crippen LogP contribution is -2.07. The number of hydrogen-bond donors (Lipinski definition) is 2. The summed E-state index contributed by atoms with van der Waals surface area (Å²) in [5, 5.41) is 11.4. The third-order valence-corrected chi connectivity index (χ3v) is 5.07. The summed E-state index contributed by atoms with van der Waals surface area (Å²) in [6.45, 7) is 1.96. The van der Waals surface area contributed by atoms with Crippen molar-refractivity contribution in [2.75, 3.05) is 0 Å². The molecule has 0 saturated heterocycles. The summed E-state index contributed by atoms with van der Waals surface area (Å²) in [6.07, 6.45) is 3.47. The zero-order valence-electron chi connectivity index (χ0n) is 9.35. The van der Waals surface area contributed by atoms with Crippen LogP contribution in [0.2, 0.25) is 0 Å². The lowest BCUT2D eigenvalue weighted by Gasteiger charge is -2.24. The molecule has 0 saturated carbocycles. The number of fused-ring (bicyclic) bond motifs is 1. The Kier molecular flexibility index (Phi) is 2.49. The lowest BCUT2D eigenvalue weighted by molar-refractivity contribution is 0.268. The van der Waals surface area contributed by atoms with Gasteiger partial charge in [0.05, 0.1) is 11.2 Å². The van der Waals surface area contributed by atoms with Gasteiger partial charge < -0.3 is 5.11 Å². The maximum atomic E-state index is 10.5. The van der Waals surface area contributed by atoms with Crippen LogP contribution in [0.5, 0.6) is 0 Å². The maximum Gasteiger partial charge on any atom is 0.162 e. The zero-order chi connectivity index (χ0) is 11.8. The SMILES string of the molecule is CC1=Nc2cncn2[SH]1C(O)c1ccccc1. The Hall–Kier alpha value is -1.59. The monoisotopic (exact) mass is 247 g/mol. The van der Waals surface area contributed by atoms with Gasteiger partial charge in [-0.05, 0) is 12.5 Å². The molecule has 0 amide bonds. The van der Waals surface area contributed by atoms with Crippen LogP contribution < -0.4 is 0 Å². The van der Waals surface area contributed by atoms with Gasteiger partial charge in [-0.2, -0.15) is 0 Å². The van der Waals surface area contributed by atoms with Crippen molar-refractivity contribution in [1.82, 2.24) is 8.96 Å². The Morgan fingerprint density at radius 1 is 1.29 bits per heavy atom. The summed E-state index contributed by atoms with van der Waals surface area (Å²) in [5.41, 5.74) is 0.403. The molecule has 17 heavy (non-hydrogen) atoms. The van der Waals surface area contributed by atoms with Crippen molar-refractivity contribution in [3.63, 3.8) is 0 Å². The van der Waals surface area contributed by atoms with Crippen LogP contribution in [0.25, 0.3) is 0 Å². The van der Waals surface area contributed by atoms with E-state index >= 15 is 0 Å². The van der Waals surface area contributed by atoms with Gasteiger partial charge in [-0.25, -0.2) is 9.98 Å². The lowest BCUT2D eigenvalue weighted by atomic mass is 10.2. The number of aliphatic imine (C=N–C) groups is 1. The summed E-state index contributed by atoms with van der Waals surface area (Å²) in [4.78, 5) is 8.49. The molecule has 88 valence electrons. The Morgan fingerprint density at radius 3 is 2.82 bits per heavy atom. The highest BCUT2D eigenvalue weighted by Gasteiger charge is 2.27. The van der Waals surface area contributed by atoms with Crippen molar-refractivity contribution in [3.8, 4) is 0 Å². The molecule has 0 fully saturated rings. The summed E-state index contributed by atoms with van der Waals surface area (Å²) < 4.78 is 1.97. The fraction of sp³-hybridized carbons (Fsp3) is 0.167. The van der Waals surface area contributed by atoms with E-state index in [0.29, 0.717) is 0 Å². The quantitative estimate of drug-likeness (QED) is 0.801. The van der Waals surface area contributed by atoms with E-state index in [9.17, 15) is 5.11 Å². The second kappa shape index (κ2) is 4.01. The van der Waals surface area contributed by atoms with E-state index in [0.717, 1.165) is 16.4 Å². The number of benzene rings is 1. The van der Waals surface area contributed by atoms with Crippen LogP contribution in [0, 0.1) is 0 Å². The van der Waals surface area contributed by atoms with Gasteiger partial charge >= 0.3 is 0 Å². The van der Waals surface area contributed by atoms with Crippen LogP contribution in [0.1, 0.15) is 17.9 Å². The van der Waals surface area contributed by atoms with E-state index in [2.05, 4.69) is 9.98 Å². The number of aliphatic hydroxyl groups is 1. The summed E-state index contributed by atoms with van der Waals surface area (Å²) in [7, 11) is 0. The van der Waals surface area contributed by atoms with Gasteiger partial charge in [-0.3, -0.25) is 3.97 Å². The van der Waals surface area contributed by atoms with E-state index in [4.69, 9.17) is 0 Å². The zero-order valence-corrected chi connectivity index (χ0v) is 10.2. The Labute approximate surface area is 102 Å². The van der Waals surface area contributed by atoms with Gasteiger partial charge in [0.1, 0.15) is 11.8 Å². The molecular weight excluding hydrogens is 234 g/mol. The highest BCUT2D eigenvalue weighted by Crippen LogP contribution is 2.49. The number of aromatic nitrogens is 2. The molecule has 1 aromatic carbocycles. The largest absolute Gasteiger partial charge is 0.378 e. The van der Waals surface area contributed by atoms with Crippen LogP contribution in [0.4, 0.5) is 5.82 Å². The van der Waals surface area contributed by atoms with Gasteiger partial charge in [-0.1, -0.05) is 41.4 Å². The second-order valence-corrected chi connectivity index (χ2v) is 6.14. The molecule has 1 aliphatic rings. The number of aliphatic hydroxyl groups excluding tert-OH is 1. The predicted molar refractivity (Wildman–Crippen MR) is 70.8 cm³/mol. The molecule has 0 spiro atoms. The molecule has 2 atom stereocenters. The van der Waals surface area contributed by atoms with Crippen LogP contribution >= 0.6 is 11.1 Å². The standard InChI is InChI=1S/C12H13N3OS/c1-9-14-11-7-13-8-15(11)17(9)12(16)10-5-3-2-4-6-10/h2-8,12,16-17H,1H3. The van der Waals surface area contributed by atoms with Crippen molar-refractivity contribution in [2.45, 2.75) is 12.4 Å². The highest BCUT2D eigenvalue weighted by molar-refractivity contribution is 8.29. The maximum absolute atomic E-state index is 10.5. The van der Waals surface area contributed by atoms with Crippen molar-refractivity contribution in [2.24, 2.45) is 4.99 Å². The fourth-order valence-electron chi connectivity index (χ4n) is 1.96. The third-order valence-electron chi connectivity index (χ3n) is 2.77. The van der Waals surface area contributed by atoms with Crippen molar-refractivity contribution in [3.05, 3.63) is 48.4 Å². The summed E-state index contributed by atoms with van der Waals surface area (Å²) in [6, 6.07) is 9.70. The summed E-state index contributed by atoms with van der Waals surface area (Å²) in [5.74, 6) is 0.837. The van der Waals surface area contributed by atoms with Crippen LogP contribution in [0.3, 0.4) is 0 Å². The molecule has 5 heteroatoms. The van der Waals surface area contributed by atoms with Gasteiger partial charge in [-0.15, -0.1) is 0 Å². The van der Waals surface area contributed by atoms with Crippen molar-refractivity contribution in [1.29, 1.82) is 0 Å². The number of nitrogens with zero attached hydrogens (tertiary/aromatic N) is 3. The molecule has 2 aromatic rings. The van der Waals surface area contributed by atoms with Crippen molar-refractivity contribution >= 4 is 21.9 Å². The molecule has 4 nitrogen and oxygen atoms in total. The first-order valence-corrected chi connectivity index (χ1v) is 6.74. The summed E-state index contributed by atoms with van der Waals surface area (Å²) >= 11 is -0.863. The number of hydrogen-bond acceptors (Lipinski definition) is 3. The Bertz CT molecular complexity index is 564. The van der Waals surface area contributed by atoms with E-state index in [1.54, 1.807) is 12.5 Å². The van der Waals surface area contributed by atoms with Crippen LogP contribution in [-0.4, -0.2) is 19.1 Å². The fourth-order valence-corrected chi connectivity index (χ4v) is 4.01. The van der Waals surface area contributed by atoms with Crippen LogP contribution in [0.15, 0.2) is 47.8 Å². The first kappa shape index (κ1) is 10.6. The minimum atomic E-state index is -0.863. The van der Waals surface area contributed by atoms with Gasteiger partial charge in [0, 0.05) is 0 Å². The Morgan fingerprint density at radius 2 is 2.06 bits per heavy atom. The third kappa shape index (κ3) is 1.67. The average molecular weight is 247 g/mol. The molecule has 0 radical (unpaired) electrons. The van der Waals surface area contributed by atoms with E-state index in [1.165, 1.54) is 0 Å². The minimum absolute atomic E-state index is 0.523. The first-order valence-electron chi connectivity index (χ1n) is 5.37. The highest BCUT2D eigenvalue weighted by atomic mass is 32.2. The second-order valence-electron chi connectivity index (χ2n) is 3.88. The van der Waals surface area contributed by atoms with Crippen LogP contribution in [-0.2, 0) is 0 Å². The topological polar surface area (TPSA) is 50.4 Å². The molecule has 0 aliphatic carbocycles. The normalized spacial score (nSPS) is 22.0.